The molecule has 3 aromatic heterocycles. The van der Waals surface area contributed by atoms with Gasteiger partial charge < -0.3 is 14.1 Å². The number of aryl methyl sites for hydroxylation is 1. The number of hydrogen-bond acceptors (Lipinski definition) is 7. The summed E-state index contributed by atoms with van der Waals surface area (Å²) in [6.07, 6.45) is 2.92. The quantitative estimate of drug-likeness (QED) is 0.583. The van der Waals surface area contributed by atoms with Crippen LogP contribution in [-0.4, -0.2) is 40.0 Å². The lowest BCUT2D eigenvalue weighted by molar-refractivity contribution is -0.152. The van der Waals surface area contributed by atoms with Gasteiger partial charge in [-0.15, -0.1) is 11.3 Å². The molecule has 9 heteroatoms. The molecule has 0 bridgehead atoms. The minimum Gasteiger partial charge on any atom is -0.467 e. The molecular formula is C17H17N3O5S. The zero-order valence-corrected chi connectivity index (χ0v) is 14.9. The Morgan fingerprint density at radius 2 is 2.23 bits per heavy atom. The summed E-state index contributed by atoms with van der Waals surface area (Å²) < 4.78 is 11.5. The Kier molecular flexibility index (Phi) is 5.47. The van der Waals surface area contributed by atoms with Crippen LogP contribution < -0.4 is 5.56 Å². The van der Waals surface area contributed by atoms with Gasteiger partial charge in [0.2, 0.25) is 0 Å². The largest absolute Gasteiger partial charge is 0.467 e. The maximum Gasteiger partial charge on any atom is 0.308 e. The van der Waals surface area contributed by atoms with E-state index >= 15 is 0 Å². The first-order chi connectivity index (χ1) is 12.5. The molecule has 0 saturated heterocycles. The molecule has 0 fully saturated rings. The summed E-state index contributed by atoms with van der Waals surface area (Å²) in [5.74, 6) is -0.252. The first kappa shape index (κ1) is 17.9. The smallest absolute Gasteiger partial charge is 0.308 e. The Hall–Kier alpha value is -2.94. The molecule has 0 aliphatic rings. The highest BCUT2D eigenvalue weighted by atomic mass is 32.1. The van der Waals surface area contributed by atoms with Crippen LogP contribution in [-0.2, 0) is 27.4 Å². The van der Waals surface area contributed by atoms with Crippen LogP contribution in [0.1, 0.15) is 12.2 Å². The van der Waals surface area contributed by atoms with E-state index in [0.717, 1.165) is 0 Å². The van der Waals surface area contributed by atoms with Crippen molar-refractivity contribution in [2.45, 2.75) is 19.5 Å². The van der Waals surface area contributed by atoms with Crippen molar-refractivity contribution in [3.8, 4) is 0 Å². The first-order valence-electron chi connectivity index (χ1n) is 7.89. The Bertz CT molecular complexity index is 960. The van der Waals surface area contributed by atoms with Gasteiger partial charge in [0.05, 0.1) is 30.9 Å². The van der Waals surface area contributed by atoms with Crippen molar-refractivity contribution in [2.75, 3.05) is 13.7 Å². The molecule has 0 N–H and O–H groups in total. The Morgan fingerprint density at radius 1 is 1.38 bits per heavy atom. The van der Waals surface area contributed by atoms with Gasteiger partial charge in [0.1, 0.15) is 10.6 Å². The van der Waals surface area contributed by atoms with Crippen molar-refractivity contribution in [3.63, 3.8) is 0 Å². The molecule has 0 saturated carbocycles. The molecule has 8 nitrogen and oxygen atoms in total. The minimum atomic E-state index is -0.554. The van der Waals surface area contributed by atoms with Crippen molar-refractivity contribution >= 4 is 33.4 Å². The zero-order chi connectivity index (χ0) is 18.5. The number of thiophene rings is 1. The van der Waals surface area contributed by atoms with Crippen molar-refractivity contribution in [1.82, 2.24) is 14.5 Å². The van der Waals surface area contributed by atoms with Crippen LogP contribution in [0.3, 0.4) is 0 Å². The third kappa shape index (κ3) is 4.17. The van der Waals surface area contributed by atoms with Crippen LogP contribution in [0, 0.1) is 0 Å². The SMILES string of the molecule is CN(Cc1ccco1)C(=O)COC(=O)CCn1cnc2sccc2c1=O. The van der Waals surface area contributed by atoms with E-state index in [0.29, 0.717) is 22.5 Å². The number of amides is 1. The molecule has 3 rings (SSSR count). The highest BCUT2D eigenvalue weighted by molar-refractivity contribution is 7.16. The van der Waals surface area contributed by atoms with Crippen LogP contribution in [0.2, 0.25) is 0 Å². The number of carbonyl (C=O) groups excluding carboxylic acids is 2. The van der Waals surface area contributed by atoms with E-state index in [4.69, 9.17) is 9.15 Å². The molecule has 0 unspecified atom stereocenters. The summed E-state index contributed by atoms with van der Waals surface area (Å²) in [6.45, 7) is 0.0880. The van der Waals surface area contributed by atoms with E-state index in [1.54, 1.807) is 30.6 Å². The summed E-state index contributed by atoms with van der Waals surface area (Å²) in [7, 11) is 1.60. The number of nitrogens with zero attached hydrogens (tertiary/aromatic N) is 3. The van der Waals surface area contributed by atoms with Gasteiger partial charge in [-0.1, -0.05) is 0 Å². The molecule has 0 aliphatic heterocycles. The third-order valence-corrected chi connectivity index (χ3v) is 4.58. The van der Waals surface area contributed by atoms with Gasteiger partial charge in [-0.3, -0.25) is 19.0 Å². The zero-order valence-electron chi connectivity index (χ0n) is 14.1. The van der Waals surface area contributed by atoms with E-state index in [1.165, 1.54) is 33.4 Å². The molecule has 1 amide bonds. The number of fused-ring (bicyclic) bond motifs is 1. The average Bonchev–Trinajstić information content (AvgIpc) is 3.30. The summed E-state index contributed by atoms with van der Waals surface area (Å²) >= 11 is 1.38. The summed E-state index contributed by atoms with van der Waals surface area (Å²) in [6, 6.07) is 5.20. The van der Waals surface area contributed by atoms with Crippen molar-refractivity contribution in [1.29, 1.82) is 0 Å². The monoisotopic (exact) mass is 375 g/mol. The van der Waals surface area contributed by atoms with E-state index in [9.17, 15) is 14.4 Å². The minimum absolute atomic E-state index is 0.0214. The molecule has 136 valence electrons. The molecule has 0 atom stereocenters. The Labute approximate surface area is 152 Å². The number of ether oxygens (including phenoxy) is 1. The number of likely N-dealkylation sites (N-methyl/N-ethyl adjacent to an activating group) is 1. The number of furan rings is 1. The second kappa shape index (κ2) is 7.96. The van der Waals surface area contributed by atoms with Gasteiger partial charge in [0.25, 0.3) is 11.5 Å². The van der Waals surface area contributed by atoms with Crippen LogP contribution >= 0.6 is 11.3 Å². The number of carbonyl (C=O) groups is 2. The van der Waals surface area contributed by atoms with Crippen molar-refractivity contribution < 1.29 is 18.7 Å². The summed E-state index contributed by atoms with van der Waals surface area (Å²) in [5, 5.41) is 2.32. The average molecular weight is 375 g/mol. The Balaban J connectivity index is 1.47. The van der Waals surface area contributed by atoms with Gasteiger partial charge in [-0.05, 0) is 23.6 Å². The van der Waals surface area contributed by atoms with Gasteiger partial charge >= 0.3 is 5.97 Å². The molecule has 0 aliphatic carbocycles. The molecular weight excluding hydrogens is 358 g/mol. The fourth-order valence-electron chi connectivity index (χ4n) is 2.31. The molecule has 0 aromatic carbocycles. The third-order valence-electron chi connectivity index (χ3n) is 3.76. The lowest BCUT2D eigenvalue weighted by atomic mass is 10.4. The fraction of sp³-hybridized carbons (Fsp3) is 0.294. The fourth-order valence-corrected chi connectivity index (χ4v) is 3.04. The van der Waals surface area contributed by atoms with E-state index in [2.05, 4.69) is 4.98 Å². The van der Waals surface area contributed by atoms with Gasteiger partial charge in [0.15, 0.2) is 6.61 Å². The maximum atomic E-state index is 12.2. The molecule has 0 spiro atoms. The number of rotatable bonds is 7. The predicted octanol–water partition coefficient (Wildman–Crippen LogP) is 1.64. The molecule has 26 heavy (non-hydrogen) atoms. The highest BCUT2D eigenvalue weighted by Gasteiger charge is 2.14. The van der Waals surface area contributed by atoms with Gasteiger partial charge in [-0.2, -0.15) is 0 Å². The molecule has 0 radical (unpaired) electrons. The lowest BCUT2D eigenvalue weighted by Crippen LogP contribution is -2.31. The van der Waals surface area contributed by atoms with Gasteiger partial charge in [-0.25, -0.2) is 4.98 Å². The topological polar surface area (TPSA) is 94.6 Å². The molecule has 3 aromatic rings. The van der Waals surface area contributed by atoms with Gasteiger partial charge in [0, 0.05) is 13.6 Å². The van der Waals surface area contributed by atoms with E-state index in [1.807, 2.05) is 0 Å². The number of esters is 1. The van der Waals surface area contributed by atoms with Crippen molar-refractivity contribution in [3.05, 3.63) is 52.3 Å². The lowest BCUT2D eigenvalue weighted by Gasteiger charge is -2.15. The van der Waals surface area contributed by atoms with Crippen molar-refractivity contribution in [2.24, 2.45) is 0 Å². The summed E-state index contributed by atoms with van der Waals surface area (Å²) in [5.41, 5.74) is -0.196. The first-order valence-corrected chi connectivity index (χ1v) is 8.77. The second-order valence-corrected chi connectivity index (χ2v) is 6.52. The molecule has 3 heterocycles. The maximum absolute atomic E-state index is 12.2. The predicted molar refractivity (Wildman–Crippen MR) is 94.6 cm³/mol. The van der Waals surface area contributed by atoms with Crippen LogP contribution in [0.4, 0.5) is 0 Å². The standard InChI is InChI=1S/C17H17N3O5S/c1-19(9-12-3-2-7-24-12)14(21)10-25-15(22)4-6-20-11-18-16-13(17(20)23)5-8-26-16/h2-3,5,7-8,11H,4,6,9-10H2,1H3. The number of hydrogen-bond donors (Lipinski definition) is 0. The normalized spacial score (nSPS) is 10.8. The number of aromatic nitrogens is 2. The summed E-state index contributed by atoms with van der Waals surface area (Å²) in [4.78, 5) is 42.3. The Morgan fingerprint density at radius 3 is 3.00 bits per heavy atom. The van der Waals surface area contributed by atoms with Crippen LogP contribution in [0.25, 0.3) is 10.2 Å². The highest BCUT2D eigenvalue weighted by Crippen LogP contribution is 2.13. The van der Waals surface area contributed by atoms with Crippen LogP contribution in [0.5, 0.6) is 0 Å². The van der Waals surface area contributed by atoms with Crippen LogP contribution in [0.15, 0.2) is 45.4 Å². The van der Waals surface area contributed by atoms with E-state index < -0.39 is 5.97 Å². The second-order valence-electron chi connectivity index (χ2n) is 5.62. The van der Waals surface area contributed by atoms with E-state index in [-0.39, 0.29) is 31.0 Å².